The van der Waals surface area contributed by atoms with Gasteiger partial charge in [0.15, 0.2) is 0 Å². The Morgan fingerprint density at radius 1 is 1.08 bits per heavy atom. The molecule has 2 aliphatic heterocycles. The number of piperazine rings is 1. The van der Waals surface area contributed by atoms with Crippen molar-refractivity contribution in [3.8, 4) is 0 Å². The summed E-state index contributed by atoms with van der Waals surface area (Å²) in [4.78, 5) is 27.1. The second-order valence-electron chi connectivity index (χ2n) is 6.87. The van der Waals surface area contributed by atoms with Gasteiger partial charge in [0.1, 0.15) is 18.0 Å². The number of benzene rings is 1. The molecule has 1 atom stereocenters. The van der Waals surface area contributed by atoms with E-state index in [-0.39, 0.29) is 5.91 Å². The van der Waals surface area contributed by atoms with Crippen molar-refractivity contribution in [3.63, 3.8) is 0 Å². The van der Waals surface area contributed by atoms with Crippen LogP contribution in [0.1, 0.15) is 24.4 Å². The molecule has 1 amide bonds. The highest BCUT2D eigenvalue weighted by Crippen LogP contribution is 2.36. The van der Waals surface area contributed by atoms with Gasteiger partial charge in [-0.05, 0) is 30.5 Å². The molecule has 7 heteroatoms. The van der Waals surface area contributed by atoms with Gasteiger partial charge in [-0.25, -0.2) is 9.97 Å². The summed E-state index contributed by atoms with van der Waals surface area (Å²) in [5.74, 6) is 1.90. The fourth-order valence-corrected chi connectivity index (χ4v) is 3.96. The molecule has 2 saturated heterocycles. The van der Waals surface area contributed by atoms with Crippen LogP contribution in [0.3, 0.4) is 0 Å². The summed E-state index contributed by atoms with van der Waals surface area (Å²) in [6.07, 6.45) is 3.88. The Balaban J connectivity index is 1.57. The van der Waals surface area contributed by atoms with Crippen LogP contribution < -0.4 is 9.80 Å². The van der Waals surface area contributed by atoms with Crippen molar-refractivity contribution in [1.29, 1.82) is 0 Å². The van der Waals surface area contributed by atoms with Crippen LogP contribution in [-0.2, 0) is 4.79 Å². The van der Waals surface area contributed by atoms with E-state index in [1.165, 1.54) is 5.56 Å². The molecule has 1 aromatic heterocycles. The molecule has 3 heterocycles. The lowest BCUT2D eigenvalue weighted by Crippen LogP contribution is -2.48. The minimum Gasteiger partial charge on any atom is -0.349 e. The number of carbonyl (C=O) groups excluding carboxylic acids is 1. The smallest absolute Gasteiger partial charge is 0.241 e. The molecule has 0 N–H and O–H groups in total. The van der Waals surface area contributed by atoms with Crippen LogP contribution in [0.5, 0.6) is 0 Å². The highest BCUT2D eigenvalue weighted by molar-refractivity contribution is 9.10. The fourth-order valence-electron chi connectivity index (χ4n) is 3.69. The zero-order chi connectivity index (χ0) is 18.1. The average Bonchev–Trinajstić information content (AvgIpc) is 3.14. The molecule has 136 valence electrons. The van der Waals surface area contributed by atoms with E-state index in [0.29, 0.717) is 12.6 Å². The number of aromatic nitrogens is 2. The van der Waals surface area contributed by atoms with Gasteiger partial charge in [0, 0.05) is 37.2 Å². The van der Waals surface area contributed by atoms with Gasteiger partial charge in [-0.15, -0.1) is 0 Å². The Bertz CT molecular complexity index is 797. The summed E-state index contributed by atoms with van der Waals surface area (Å²) in [5.41, 5.74) is 1.31. The van der Waals surface area contributed by atoms with E-state index in [2.05, 4.69) is 55.1 Å². The molecule has 26 heavy (non-hydrogen) atoms. The van der Waals surface area contributed by atoms with Crippen molar-refractivity contribution in [1.82, 2.24) is 14.9 Å². The average molecular weight is 416 g/mol. The minimum atomic E-state index is 0.130. The number of carbonyl (C=O) groups is 1. The lowest BCUT2D eigenvalue weighted by Gasteiger charge is -2.33. The van der Waals surface area contributed by atoms with Crippen molar-refractivity contribution in [2.45, 2.75) is 18.9 Å². The Hall–Kier alpha value is -2.15. The van der Waals surface area contributed by atoms with Gasteiger partial charge >= 0.3 is 0 Å². The number of likely N-dealkylation sites (N-methyl/N-ethyl adjacent to an activating group) is 1. The van der Waals surface area contributed by atoms with Gasteiger partial charge < -0.3 is 14.7 Å². The topological polar surface area (TPSA) is 52.6 Å². The molecule has 4 rings (SSSR count). The summed E-state index contributed by atoms with van der Waals surface area (Å²) in [6.45, 7) is 2.89. The largest absolute Gasteiger partial charge is 0.349 e. The third-order valence-corrected chi connectivity index (χ3v) is 5.75. The van der Waals surface area contributed by atoms with Gasteiger partial charge in [0.25, 0.3) is 0 Å². The molecular weight excluding hydrogens is 394 g/mol. The molecule has 0 spiro atoms. The Kier molecular flexibility index (Phi) is 4.80. The molecule has 0 aliphatic carbocycles. The first-order chi connectivity index (χ1) is 12.6. The molecule has 2 aromatic rings. The summed E-state index contributed by atoms with van der Waals surface area (Å²) in [6, 6.07) is 10.9. The van der Waals surface area contributed by atoms with E-state index in [4.69, 9.17) is 0 Å². The maximum absolute atomic E-state index is 12.0. The van der Waals surface area contributed by atoms with Crippen LogP contribution in [-0.4, -0.2) is 54.0 Å². The lowest BCUT2D eigenvalue weighted by atomic mass is 10.0. The maximum Gasteiger partial charge on any atom is 0.241 e. The number of hydrogen-bond donors (Lipinski definition) is 0. The molecule has 1 aromatic carbocycles. The van der Waals surface area contributed by atoms with Gasteiger partial charge in [0.2, 0.25) is 5.91 Å². The van der Waals surface area contributed by atoms with Gasteiger partial charge in [-0.1, -0.05) is 28.1 Å². The molecule has 0 radical (unpaired) electrons. The van der Waals surface area contributed by atoms with Crippen LogP contribution in [0.25, 0.3) is 0 Å². The van der Waals surface area contributed by atoms with E-state index >= 15 is 0 Å². The van der Waals surface area contributed by atoms with Crippen molar-refractivity contribution in [2.75, 3.05) is 43.0 Å². The third kappa shape index (κ3) is 3.40. The monoisotopic (exact) mass is 415 g/mol. The van der Waals surface area contributed by atoms with Crippen LogP contribution in [0, 0.1) is 0 Å². The second kappa shape index (κ2) is 7.23. The van der Waals surface area contributed by atoms with Crippen LogP contribution >= 0.6 is 15.9 Å². The van der Waals surface area contributed by atoms with Gasteiger partial charge in [0.05, 0.1) is 12.6 Å². The van der Waals surface area contributed by atoms with Crippen molar-refractivity contribution >= 4 is 33.5 Å². The quantitative estimate of drug-likeness (QED) is 0.771. The van der Waals surface area contributed by atoms with E-state index in [9.17, 15) is 4.79 Å². The molecule has 0 saturated carbocycles. The van der Waals surface area contributed by atoms with E-state index in [0.717, 1.165) is 48.6 Å². The fraction of sp³-hybridized carbons (Fsp3) is 0.421. The van der Waals surface area contributed by atoms with Crippen LogP contribution in [0.15, 0.2) is 41.1 Å². The Labute approximate surface area is 162 Å². The maximum atomic E-state index is 12.0. The molecule has 6 nitrogen and oxygen atoms in total. The standard InChI is InChI=1S/C19H22BrN5O/c1-23-9-10-24(12-19(23)26)17-11-18(22-13-21-17)25-8-2-3-16(25)14-4-6-15(20)7-5-14/h4-7,11,13,16H,2-3,8-10,12H2,1H3. The van der Waals surface area contributed by atoms with Crippen LogP contribution in [0.4, 0.5) is 11.6 Å². The van der Waals surface area contributed by atoms with Crippen molar-refractivity contribution in [2.24, 2.45) is 0 Å². The molecule has 2 fully saturated rings. The molecule has 2 aliphatic rings. The third-order valence-electron chi connectivity index (χ3n) is 5.22. The summed E-state index contributed by atoms with van der Waals surface area (Å²) >= 11 is 3.51. The summed E-state index contributed by atoms with van der Waals surface area (Å²) in [5, 5.41) is 0. The number of anilines is 2. The predicted octanol–water partition coefficient (Wildman–Crippen LogP) is 2.86. The SMILES string of the molecule is CN1CCN(c2cc(N3CCCC3c3ccc(Br)cc3)ncn2)CC1=O. The number of amides is 1. The molecule has 0 bridgehead atoms. The normalized spacial score (nSPS) is 20.8. The second-order valence-corrected chi connectivity index (χ2v) is 7.79. The zero-order valence-electron chi connectivity index (χ0n) is 14.8. The van der Waals surface area contributed by atoms with E-state index in [1.807, 2.05) is 18.0 Å². The highest BCUT2D eigenvalue weighted by Gasteiger charge is 2.28. The number of hydrogen-bond acceptors (Lipinski definition) is 5. The van der Waals surface area contributed by atoms with Crippen molar-refractivity contribution in [3.05, 3.63) is 46.7 Å². The Morgan fingerprint density at radius 3 is 2.62 bits per heavy atom. The predicted molar refractivity (Wildman–Crippen MR) is 105 cm³/mol. The first-order valence-electron chi connectivity index (χ1n) is 8.95. The summed E-state index contributed by atoms with van der Waals surface area (Å²) < 4.78 is 1.09. The van der Waals surface area contributed by atoms with Crippen LogP contribution in [0.2, 0.25) is 0 Å². The first-order valence-corrected chi connectivity index (χ1v) is 9.74. The van der Waals surface area contributed by atoms with Gasteiger partial charge in [-0.3, -0.25) is 4.79 Å². The van der Waals surface area contributed by atoms with Gasteiger partial charge in [-0.2, -0.15) is 0 Å². The minimum absolute atomic E-state index is 0.130. The number of nitrogens with zero attached hydrogens (tertiary/aromatic N) is 5. The zero-order valence-corrected chi connectivity index (χ0v) is 16.4. The number of halogens is 1. The Morgan fingerprint density at radius 2 is 1.85 bits per heavy atom. The van der Waals surface area contributed by atoms with E-state index in [1.54, 1.807) is 11.2 Å². The first kappa shape index (κ1) is 17.3. The lowest BCUT2D eigenvalue weighted by molar-refractivity contribution is -0.129. The van der Waals surface area contributed by atoms with E-state index < -0.39 is 0 Å². The molecular formula is C19H22BrN5O. The number of rotatable bonds is 3. The summed E-state index contributed by atoms with van der Waals surface area (Å²) in [7, 11) is 1.85. The highest BCUT2D eigenvalue weighted by atomic mass is 79.9. The molecule has 1 unspecified atom stereocenters. The van der Waals surface area contributed by atoms with Crippen molar-refractivity contribution < 1.29 is 4.79 Å².